The average molecular weight is 451 g/mol. The molecule has 0 amide bonds. The molecule has 0 radical (unpaired) electrons. The molecule has 0 aliphatic heterocycles. The minimum atomic E-state index is -0.554. The van der Waals surface area contributed by atoms with Crippen LogP contribution in [-0.2, 0) is 4.79 Å². The first-order chi connectivity index (χ1) is 15.8. The lowest BCUT2D eigenvalue weighted by atomic mass is 9.53. The van der Waals surface area contributed by atoms with Crippen LogP contribution in [0.5, 0.6) is 0 Å². The second-order valence-corrected chi connectivity index (χ2v) is 10.8. The highest BCUT2D eigenvalue weighted by molar-refractivity contribution is 5.93. The van der Waals surface area contributed by atoms with Gasteiger partial charge in [-0.1, -0.05) is 12.5 Å². The Balaban J connectivity index is 0.000000406. The van der Waals surface area contributed by atoms with Gasteiger partial charge >= 0.3 is 0 Å². The molecule has 4 heteroatoms. The first-order valence-electron chi connectivity index (χ1n) is 12.4. The lowest BCUT2D eigenvalue weighted by molar-refractivity contribution is -0.114. The van der Waals surface area contributed by atoms with Crippen LogP contribution >= 0.6 is 0 Å². The highest BCUT2D eigenvalue weighted by Crippen LogP contribution is 2.63. The minimum absolute atomic E-state index is 0.101. The Morgan fingerprint density at radius 2 is 1.76 bits per heavy atom. The van der Waals surface area contributed by atoms with E-state index in [4.69, 9.17) is 6.42 Å². The second kappa shape index (κ2) is 8.51. The highest BCUT2D eigenvalue weighted by Gasteiger charge is 2.56. The van der Waals surface area contributed by atoms with Crippen molar-refractivity contribution in [3.63, 3.8) is 0 Å². The monoisotopic (exact) mass is 450 g/mol. The number of halogens is 2. The summed E-state index contributed by atoms with van der Waals surface area (Å²) in [6, 6.07) is 3.83. The zero-order chi connectivity index (χ0) is 23.3. The van der Waals surface area contributed by atoms with E-state index in [1.165, 1.54) is 36.1 Å². The topological polar surface area (TPSA) is 37.3 Å². The third kappa shape index (κ3) is 4.10. The fraction of sp³-hybridized carbons (Fsp3) is 0.552. The molecular weight excluding hydrogens is 418 g/mol. The van der Waals surface area contributed by atoms with Crippen molar-refractivity contribution in [3.8, 4) is 12.3 Å². The molecule has 1 aromatic carbocycles. The van der Waals surface area contributed by atoms with Crippen molar-refractivity contribution in [1.29, 1.82) is 0 Å². The number of rotatable bonds is 1. The molecule has 6 rings (SSSR count). The Labute approximate surface area is 195 Å². The highest BCUT2D eigenvalue weighted by atomic mass is 19.1. The van der Waals surface area contributed by atoms with Crippen LogP contribution < -0.4 is 0 Å². The number of carbonyl (C=O) groups is 1. The number of hydrogen-bond donors (Lipinski definition) is 1. The fourth-order valence-electron chi connectivity index (χ4n) is 6.96. The van der Waals surface area contributed by atoms with Crippen LogP contribution in [0.15, 0.2) is 41.0 Å². The van der Waals surface area contributed by atoms with E-state index < -0.39 is 11.6 Å². The number of terminal acetylenes is 1. The smallest absolute Gasteiger partial charge is 0.156 e. The Morgan fingerprint density at radius 1 is 1.03 bits per heavy atom. The van der Waals surface area contributed by atoms with E-state index >= 15 is 0 Å². The summed E-state index contributed by atoms with van der Waals surface area (Å²) in [6.45, 7) is 2.16. The van der Waals surface area contributed by atoms with Crippen LogP contribution in [0.3, 0.4) is 0 Å². The third-order valence-electron chi connectivity index (χ3n) is 8.78. The van der Waals surface area contributed by atoms with Gasteiger partial charge in [0, 0.05) is 24.3 Å². The van der Waals surface area contributed by atoms with E-state index in [9.17, 15) is 18.7 Å². The standard InChI is InChI=1S/C24H26F2O2.C5H6/c1-24-12-20(14-8-15(25)11-16(26)9-14)23-18-5-3-17(27)10-13(18)2-4-19(23)21(24)6-7-22(24)28;1-2-5-3-4-5/h8-11,19-22,28H,2-7,12H2,1H3;1,5H,3-4H2. The van der Waals surface area contributed by atoms with E-state index in [2.05, 4.69) is 12.8 Å². The normalized spacial score (nSPS) is 34.9. The van der Waals surface area contributed by atoms with Gasteiger partial charge in [0.25, 0.3) is 0 Å². The molecule has 2 nitrogen and oxygen atoms in total. The number of aliphatic hydroxyl groups excluding tert-OH is 1. The molecule has 5 aliphatic carbocycles. The largest absolute Gasteiger partial charge is 0.393 e. The van der Waals surface area contributed by atoms with Crippen molar-refractivity contribution in [3.05, 3.63) is 58.2 Å². The first kappa shape index (κ1) is 22.5. The molecule has 5 unspecified atom stereocenters. The zero-order valence-corrected chi connectivity index (χ0v) is 19.2. The van der Waals surface area contributed by atoms with Gasteiger partial charge in [0.2, 0.25) is 0 Å². The molecule has 5 aliphatic rings. The molecule has 174 valence electrons. The van der Waals surface area contributed by atoms with E-state index in [1.807, 2.05) is 0 Å². The number of carbonyl (C=O) groups excluding carboxylic acids is 1. The quantitative estimate of drug-likeness (QED) is 0.513. The molecule has 1 aromatic rings. The average Bonchev–Trinajstić information content (AvgIpc) is 3.57. The number of allylic oxidation sites excluding steroid dienone is 4. The summed E-state index contributed by atoms with van der Waals surface area (Å²) >= 11 is 0. The molecule has 33 heavy (non-hydrogen) atoms. The van der Waals surface area contributed by atoms with Gasteiger partial charge in [0.05, 0.1) is 6.10 Å². The number of hydrogen-bond acceptors (Lipinski definition) is 2. The van der Waals surface area contributed by atoms with Crippen LogP contribution in [0.1, 0.15) is 76.2 Å². The number of fused-ring (bicyclic) bond motifs is 4. The summed E-state index contributed by atoms with van der Waals surface area (Å²) in [5, 5.41) is 10.8. The van der Waals surface area contributed by atoms with Crippen LogP contribution in [0.25, 0.3) is 0 Å². The minimum Gasteiger partial charge on any atom is -0.393 e. The van der Waals surface area contributed by atoms with Crippen LogP contribution in [0, 0.1) is 47.1 Å². The first-order valence-corrected chi connectivity index (χ1v) is 12.4. The van der Waals surface area contributed by atoms with Crippen molar-refractivity contribution >= 4 is 5.78 Å². The summed E-state index contributed by atoms with van der Waals surface area (Å²) in [5.74, 6) is 3.00. The summed E-state index contributed by atoms with van der Waals surface area (Å²) in [4.78, 5) is 12.0. The second-order valence-electron chi connectivity index (χ2n) is 10.8. The van der Waals surface area contributed by atoms with Crippen LogP contribution in [-0.4, -0.2) is 17.0 Å². The molecule has 5 atom stereocenters. The number of aliphatic hydroxyl groups is 1. The summed E-state index contributed by atoms with van der Waals surface area (Å²) in [5.41, 5.74) is 4.13. The van der Waals surface area contributed by atoms with Crippen molar-refractivity contribution in [2.75, 3.05) is 0 Å². The van der Waals surface area contributed by atoms with E-state index in [-0.39, 0.29) is 23.2 Å². The van der Waals surface area contributed by atoms with E-state index in [1.54, 1.807) is 6.08 Å². The van der Waals surface area contributed by atoms with Crippen molar-refractivity contribution in [2.24, 2.45) is 23.2 Å². The molecule has 1 N–H and O–H groups in total. The Hall–Kier alpha value is -2.25. The van der Waals surface area contributed by atoms with Gasteiger partial charge in [-0.05, 0) is 104 Å². The lowest BCUT2D eigenvalue weighted by Crippen LogP contribution is -2.45. The van der Waals surface area contributed by atoms with Gasteiger partial charge in [0.15, 0.2) is 5.78 Å². The third-order valence-corrected chi connectivity index (χ3v) is 8.78. The molecule has 0 aromatic heterocycles. The summed E-state index contributed by atoms with van der Waals surface area (Å²) in [6.07, 6.45) is 14.6. The van der Waals surface area contributed by atoms with Crippen LogP contribution in [0.4, 0.5) is 8.78 Å². The summed E-state index contributed by atoms with van der Waals surface area (Å²) in [7, 11) is 0. The molecule has 0 spiro atoms. The SMILES string of the molecule is C#CC1CC1.CC12CC(c3cc(F)cc(F)c3)C3=C4CCC(=O)C=C4CCC3C1CCC2O. The lowest BCUT2D eigenvalue weighted by Gasteiger charge is -2.52. The van der Waals surface area contributed by atoms with Gasteiger partial charge < -0.3 is 5.11 Å². The maximum absolute atomic E-state index is 14.1. The van der Waals surface area contributed by atoms with Crippen molar-refractivity contribution in [1.82, 2.24) is 0 Å². The molecule has 3 saturated carbocycles. The molecule has 3 fully saturated rings. The van der Waals surface area contributed by atoms with Crippen molar-refractivity contribution in [2.45, 2.75) is 76.7 Å². The van der Waals surface area contributed by atoms with Gasteiger partial charge in [-0.15, -0.1) is 12.3 Å². The summed E-state index contributed by atoms with van der Waals surface area (Å²) < 4.78 is 28.1. The maximum Gasteiger partial charge on any atom is 0.156 e. The van der Waals surface area contributed by atoms with Gasteiger partial charge in [0.1, 0.15) is 11.6 Å². The Bertz CT molecular complexity index is 1050. The molecule has 0 saturated heterocycles. The van der Waals surface area contributed by atoms with E-state index in [0.29, 0.717) is 36.2 Å². The Kier molecular flexibility index (Phi) is 5.81. The van der Waals surface area contributed by atoms with Crippen molar-refractivity contribution < 1.29 is 18.7 Å². The number of ketones is 1. The predicted molar refractivity (Wildman–Crippen MR) is 124 cm³/mol. The maximum atomic E-state index is 14.1. The van der Waals surface area contributed by atoms with Gasteiger partial charge in [-0.2, -0.15) is 0 Å². The van der Waals surface area contributed by atoms with E-state index in [0.717, 1.165) is 43.7 Å². The fourth-order valence-corrected chi connectivity index (χ4v) is 6.96. The van der Waals surface area contributed by atoms with Gasteiger partial charge in [-0.25, -0.2) is 8.78 Å². The molecular formula is C29H32F2O2. The Morgan fingerprint density at radius 3 is 2.39 bits per heavy atom. The molecule has 0 bridgehead atoms. The molecule has 0 heterocycles. The van der Waals surface area contributed by atoms with Gasteiger partial charge in [-0.3, -0.25) is 4.79 Å². The van der Waals surface area contributed by atoms with Crippen LogP contribution in [0.2, 0.25) is 0 Å². The number of benzene rings is 1. The zero-order valence-electron chi connectivity index (χ0n) is 19.2. The predicted octanol–water partition coefficient (Wildman–Crippen LogP) is 6.25.